The molecular weight excluding hydrogens is 258 g/mol. The van der Waals surface area contributed by atoms with Crippen molar-refractivity contribution >= 4 is 28.8 Å². The number of amides is 1. The van der Waals surface area contributed by atoms with Crippen LogP contribution in [0.5, 0.6) is 0 Å². The van der Waals surface area contributed by atoms with Crippen molar-refractivity contribution in [1.29, 1.82) is 0 Å². The van der Waals surface area contributed by atoms with E-state index in [0.717, 1.165) is 11.4 Å². The van der Waals surface area contributed by atoms with E-state index >= 15 is 0 Å². The molecule has 4 nitrogen and oxygen atoms in total. The summed E-state index contributed by atoms with van der Waals surface area (Å²) < 4.78 is 0. The number of halogens is 1. The highest BCUT2D eigenvalue weighted by Crippen LogP contribution is 2.08. The van der Waals surface area contributed by atoms with E-state index in [1.165, 1.54) is 6.20 Å². The molecule has 0 unspecified atom stereocenters. The quantitative estimate of drug-likeness (QED) is 0.924. The number of hydrogen-bond acceptors (Lipinski definition) is 4. The van der Waals surface area contributed by atoms with E-state index in [2.05, 4.69) is 15.3 Å². The fourth-order valence-corrected chi connectivity index (χ4v) is 2.06. The minimum Gasteiger partial charge on any atom is -0.350 e. The molecule has 0 aromatic carbocycles. The van der Waals surface area contributed by atoms with Crippen molar-refractivity contribution in [1.82, 2.24) is 15.3 Å². The molecule has 1 N–H and O–H groups in total. The van der Waals surface area contributed by atoms with Gasteiger partial charge in [0.25, 0.3) is 5.91 Å². The third kappa shape index (κ3) is 3.51. The minimum absolute atomic E-state index is 0.218. The summed E-state index contributed by atoms with van der Waals surface area (Å²) in [5.41, 5.74) is 0.330. The third-order valence-electron chi connectivity index (χ3n) is 2.06. The first-order chi connectivity index (χ1) is 8.25. The van der Waals surface area contributed by atoms with Crippen LogP contribution in [0, 0.1) is 0 Å². The molecule has 0 fully saturated rings. The van der Waals surface area contributed by atoms with Gasteiger partial charge in [0.15, 0.2) is 0 Å². The summed E-state index contributed by atoms with van der Waals surface area (Å²) in [6.45, 7) is 0.542. The van der Waals surface area contributed by atoms with Crippen LogP contribution in [-0.2, 0) is 6.42 Å². The maximum atomic E-state index is 11.7. The number of nitrogens with one attached hydrogen (secondary N) is 1. The zero-order valence-electron chi connectivity index (χ0n) is 8.89. The van der Waals surface area contributed by atoms with Gasteiger partial charge in [-0.05, 0) is 12.1 Å². The number of rotatable bonds is 4. The van der Waals surface area contributed by atoms with Gasteiger partial charge in [0.05, 0.1) is 5.01 Å². The molecule has 0 aliphatic heterocycles. The van der Waals surface area contributed by atoms with E-state index in [1.54, 1.807) is 29.7 Å². The molecule has 0 radical (unpaired) electrons. The van der Waals surface area contributed by atoms with Gasteiger partial charge < -0.3 is 5.32 Å². The molecule has 2 aromatic heterocycles. The summed E-state index contributed by atoms with van der Waals surface area (Å²) in [6, 6.07) is 3.17. The summed E-state index contributed by atoms with van der Waals surface area (Å²) in [5.74, 6) is -0.218. The maximum Gasteiger partial charge on any atom is 0.269 e. The van der Waals surface area contributed by atoms with Gasteiger partial charge in [0.2, 0.25) is 0 Å². The SMILES string of the molecule is O=C(NCCc1nccs1)c1cc(Cl)ccn1. The van der Waals surface area contributed by atoms with Gasteiger partial charge in [-0.15, -0.1) is 11.3 Å². The van der Waals surface area contributed by atoms with Gasteiger partial charge in [-0.25, -0.2) is 4.98 Å². The van der Waals surface area contributed by atoms with E-state index in [4.69, 9.17) is 11.6 Å². The second-order valence-corrected chi connectivity index (χ2v) is 4.71. The van der Waals surface area contributed by atoms with Gasteiger partial charge in [-0.3, -0.25) is 9.78 Å². The molecule has 0 saturated carbocycles. The Morgan fingerprint density at radius 1 is 1.41 bits per heavy atom. The van der Waals surface area contributed by atoms with Crippen LogP contribution in [0.15, 0.2) is 29.9 Å². The van der Waals surface area contributed by atoms with E-state index in [-0.39, 0.29) is 5.91 Å². The lowest BCUT2D eigenvalue weighted by Crippen LogP contribution is -2.26. The van der Waals surface area contributed by atoms with Crippen LogP contribution in [0.25, 0.3) is 0 Å². The lowest BCUT2D eigenvalue weighted by atomic mass is 10.3. The molecule has 0 aliphatic rings. The van der Waals surface area contributed by atoms with E-state index in [1.807, 2.05) is 5.38 Å². The molecule has 1 amide bonds. The summed E-state index contributed by atoms with van der Waals surface area (Å²) in [5, 5.41) is 6.19. The first-order valence-corrected chi connectivity index (χ1v) is 6.29. The number of carbonyl (C=O) groups is 1. The molecule has 88 valence electrons. The molecule has 17 heavy (non-hydrogen) atoms. The Kier molecular flexibility index (Phi) is 4.06. The molecule has 0 saturated heterocycles. The van der Waals surface area contributed by atoms with Crippen molar-refractivity contribution in [3.05, 3.63) is 45.6 Å². The predicted molar refractivity (Wildman–Crippen MR) is 67.4 cm³/mol. The Balaban J connectivity index is 1.85. The number of pyridine rings is 1. The first-order valence-electron chi connectivity index (χ1n) is 5.04. The van der Waals surface area contributed by atoms with Crippen LogP contribution in [-0.4, -0.2) is 22.4 Å². The fraction of sp³-hybridized carbons (Fsp3) is 0.182. The summed E-state index contributed by atoms with van der Waals surface area (Å²) in [6.07, 6.45) is 3.99. The van der Waals surface area contributed by atoms with Crippen LogP contribution in [0.3, 0.4) is 0 Å². The van der Waals surface area contributed by atoms with Gasteiger partial charge in [0, 0.05) is 35.8 Å². The van der Waals surface area contributed by atoms with E-state index in [0.29, 0.717) is 17.3 Å². The lowest BCUT2D eigenvalue weighted by Gasteiger charge is -2.03. The predicted octanol–water partition coefficient (Wildman–Crippen LogP) is 2.16. The zero-order valence-corrected chi connectivity index (χ0v) is 10.5. The van der Waals surface area contributed by atoms with Crippen LogP contribution in [0.1, 0.15) is 15.5 Å². The average molecular weight is 268 g/mol. The second kappa shape index (κ2) is 5.75. The van der Waals surface area contributed by atoms with Crippen molar-refractivity contribution in [2.24, 2.45) is 0 Å². The van der Waals surface area contributed by atoms with Crippen LogP contribution in [0.2, 0.25) is 5.02 Å². The maximum absolute atomic E-state index is 11.7. The van der Waals surface area contributed by atoms with E-state index in [9.17, 15) is 4.79 Å². The molecule has 2 heterocycles. The molecule has 0 spiro atoms. The smallest absolute Gasteiger partial charge is 0.269 e. The first kappa shape index (κ1) is 12.0. The monoisotopic (exact) mass is 267 g/mol. The Morgan fingerprint density at radius 3 is 3.00 bits per heavy atom. The molecular formula is C11H10ClN3OS. The Labute approximate surface area is 108 Å². The standard InChI is InChI=1S/C11H10ClN3OS/c12-8-1-3-13-9(7-8)11(16)15-4-2-10-14-5-6-17-10/h1,3,5-7H,2,4H2,(H,15,16). The van der Waals surface area contributed by atoms with Gasteiger partial charge in [0.1, 0.15) is 5.69 Å². The topological polar surface area (TPSA) is 54.9 Å². The third-order valence-corrected chi connectivity index (χ3v) is 3.14. The van der Waals surface area contributed by atoms with Crippen molar-refractivity contribution in [3.63, 3.8) is 0 Å². The number of carbonyl (C=O) groups excluding carboxylic acids is 1. The van der Waals surface area contributed by atoms with Gasteiger partial charge in [-0.1, -0.05) is 11.6 Å². The summed E-state index contributed by atoms with van der Waals surface area (Å²) >= 11 is 7.35. The minimum atomic E-state index is -0.218. The highest BCUT2D eigenvalue weighted by molar-refractivity contribution is 7.09. The summed E-state index contributed by atoms with van der Waals surface area (Å²) in [4.78, 5) is 19.8. The number of hydrogen-bond donors (Lipinski definition) is 1. The molecule has 0 atom stereocenters. The fourth-order valence-electron chi connectivity index (χ4n) is 1.28. The Morgan fingerprint density at radius 2 is 2.29 bits per heavy atom. The normalized spacial score (nSPS) is 10.2. The van der Waals surface area contributed by atoms with Crippen molar-refractivity contribution in [2.75, 3.05) is 6.54 Å². The van der Waals surface area contributed by atoms with Crippen molar-refractivity contribution in [2.45, 2.75) is 6.42 Å². The van der Waals surface area contributed by atoms with Crippen LogP contribution in [0.4, 0.5) is 0 Å². The van der Waals surface area contributed by atoms with Crippen LogP contribution >= 0.6 is 22.9 Å². The molecule has 2 aromatic rings. The molecule has 2 rings (SSSR count). The number of nitrogens with zero attached hydrogens (tertiary/aromatic N) is 2. The lowest BCUT2D eigenvalue weighted by molar-refractivity contribution is 0.0949. The highest BCUT2D eigenvalue weighted by atomic mass is 35.5. The molecule has 6 heteroatoms. The molecule has 0 aliphatic carbocycles. The van der Waals surface area contributed by atoms with Gasteiger partial charge in [-0.2, -0.15) is 0 Å². The second-order valence-electron chi connectivity index (χ2n) is 3.29. The highest BCUT2D eigenvalue weighted by Gasteiger charge is 2.06. The average Bonchev–Trinajstić information content (AvgIpc) is 2.82. The van der Waals surface area contributed by atoms with E-state index < -0.39 is 0 Å². The zero-order chi connectivity index (χ0) is 12.1. The van der Waals surface area contributed by atoms with Crippen molar-refractivity contribution in [3.8, 4) is 0 Å². The largest absolute Gasteiger partial charge is 0.350 e. The summed E-state index contributed by atoms with van der Waals surface area (Å²) in [7, 11) is 0. The van der Waals surface area contributed by atoms with Crippen LogP contribution < -0.4 is 5.32 Å². The Bertz CT molecular complexity index is 501. The molecule has 0 bridgehead atoms. The number of aromatic nitrogens is 2. The van der Waals surface area contributed by atoms with Crippen molar-refractivity contribution < 1.29 is 4.79 Å². The van der Waals surface area contributed by atoms with Gasteiger partial charge >= 0.3 is 0 Å². The number of thiazole rings is 1. The Hall–Kier alpha value is -1.46.